The topological polar surface area (TPSA) is 17.8 Å². The molecule has 1 saturated carbocycles. The van der Waals surface area contributed by atoms with E-state index in [0.29, 0.717) is 23.2 Å². The number of hydrogen-bond acceptors (Lipinski definition) is 1. The smallest absolute Gasteiger partial charge is 0.327 e. The number of nitrogens with zero attached hydrogens (tertiary/aromatic N) is 2. The zero-order valence-corrected chi connectivity index (χ0v) is 11.7. The lowest BCUT2D eigenvalue weighted by molar-refractivity contribution is -0.137. The minimum Gasteiger partial charge on any atom is -0.327 e. The summed E-state index contributed by atoms with van der Waals surface area (Å²) in [5.41, 5.74) is 0.423. The fourth-order valence-corrected chi connectivity index (χ4v) is 2.75. The lowest BCUT2D eigenvalue weighted by Crippen LogP contribution is -2.06. The Labute approximate surface area is 119 Å². The zero-order chi connectivity index (χ0) is 14.5. The van der Waals surface area contributed by atoms with Crippen LogP contribution in [0.5, 0.6) is 0 Å². The number of fused-ring (bicyclic) bond motifs is 1. The number of imidazole rings is 1. The van der Waals surface area contributed by atoms with E-state index in [1.165, 1.54) is 6.07 Å². The Bertz CT molecular complexity index is 648. The molecule has 0 amide bonds. The van der Waals surface area contributed by atoms with Crippen molar-refractivity contribution in [2.75, 3.05) is 0 Å². The molecule has 0 aliphatic heterocycles. The lowest BCUT2D eigenvalue weighted by Gasteiger charge is -2.08. The molecule has 3 rings (SSSR count). The summed E-state index contributed by atoms with van der Waals surface area (Å²) in [6.45, 7) is 2.96. The third kappa shape index (κ3) is 2.39. The van der Waals surface area contributed by atoms with E-state index in [9.17, 15) is 13.2 Å². The van der Waals surface area contributed by atoms with Gasteiger partial charge >= 0.3 is 6.18 Å². The summed E-state index contributed by atoms with van der Waals surface area (Å²) >= 11 is 5.87. The number of hydrogen-bond donors (Lipinski definition) is 0. The molecule has 0 saturated heterocycles. The summed E-state index contributed by atoms with van der Waals surface area (Å²) in [4.78, 5) is 4.24. The van der Waals surface area contributed by atoms with Crippen LogP contribution in [0.15, 0.2) is 18.2 Å². The Morgan fingerprint density at radius 2 is 2.10 bits per heavy atom. The molecule has 1 aromatic carbocycles. The highest BCUT2D eigenvalue weighted by Crippen LogP contribution is 2.40. The van der Waals surface area contributed by atoms with Gasteiger partial charge in [-0.05, 0) is 36.5 Å². The fraction of sp³-hybridized carbons (Fsp3) is 0.500. The first-order valence-corrected chi connectivity index (χ1v) is 7.06. The van der Waals surface area contributed by atoms with Crippen LogP contribution in [-0.2, 0) is 18.6 Å². The monoisotopic (exact) mass is 302 g/mol. The quantitative estimate of drug-likeness (QED) is 0.766. The highest BCUT2D eigenvalue weighted by atomic mass is 35.5. The minimum absolute atomic E-state index is 0.205. The fourth-order valence-electron chi connectivity index (χ4n) is 2.55. The van der Waals surface area contributed by atoms with Crippen LogP contribution in [0.25, 0.3) is 11.0 Å². The summed E-state index contributed by atoms with van der Waals surface area (Å²) in [5, 5.41) is 0. The molecule has 6 heteroatoms. The van der Waals surface area contributed by atoms with E-state index in [1.54, 1.807) is 0 Å². The predicted molar refractivity (Wildman–Crippen MR) is 71.6 cm³/mol. The lowest BCUT2D eigenvalue weighted by atomic mass is 10.2. The number of halogens is 4. The van der Waals surface area contributed by atoms with Crippen molar-refractivity contribution in [3.8, 4) is 0 Å². The SMILES string of the molecule is CC1CC1Cn1c(CCl)nc2cc(C(F)(F)F)ccc21. The van der Waals surface area contributed by atoms with E-state index in [2.05, 4.69) is 11.9 Å². The van der Waals surface area contributed by atoms with Crippen molar-refractivity contribution < 1.29 is 13.2 Å². The van der Waals surface area contributed by atoms with E-state index in [4.69, 9.17) is 11.6 Å². The van der Waals surface area contributed by atoms with Gasteiger partial charge in [0.05, 0.1) is 22.5 Å². The maximum Gasteiger partial charge on any atom is 0.416 e. The predicted octanol–water partition coefficient (Wildman–Crippen LogP) is 4.45. The van der Waals surface area contributed by atoms with Gasteiger partial charge in [-0.3, -0.25) is 0 Å². The average Bonchev–Trinajstić information content (AvgIpc) is 2.96. The van der Waals surface area contributed by atoms with Gasteiger partial charge in [0.25, 0.3) is 0 Å². The molecule has 1 fully saturated rings. The third-order valence-corrected chi connectivity index (χ3v) is 4.21. The number of alkyl halides is 4. The molecule has 0 bridgehead atoms. The van der Waals surface area contributed by atoms with Gasteiger partial charge in [-0.15, -0.1) is 11.6 Å². The molecule has 2 unspecified atom stereocenters. The van der Waals surface area contributed by atoms with Gasteiger partial charge in [0.1, 0.15) is 5.82 Å². The standard InChI is InChI=1S/C14H14ClF3N2/c1-8-4-9(8)7-20-12-3-2-10(14(16,17)18)5-11(12)19-13(20)6-15/h2-3,5,8-9H,4,6-7H2,1H3. The summed E-state index contributed by atoms with van der Waals surface area (Å²) < 4.78 is 40.1. The van der Waals surface area contributed by atoms with Crippen molar-refractivity contribution in [1.29, 1.82) is 0 Å². The van der Waals surface area contributed by atoms with Crippen LogP contribution in [0.2, 0.25) is 0 Å². The van der Waals surface area contributed by atoms with E-state index in [-0.39, 0.29) is 5.88 Å². The molecular formula is C14H14ClF3N2. The summed E-state index contributed by atoms with van der Waals surface area (Å²) in [5.74, 6) is 2.10. The molecule has 2 aromatic rings. The third-order valence-electron chi connectivity index (χ3n) is 3.97. The largest absolute Gasteiger partial charge is 0.416 e. The first kappa shape index (κ1) is 13.7. The maximum atomic E-state index is 12.7. The van der Waals surface area contributed by atoms with Gasteiger partial charge in [0.15, 0.2) is 0 Å². The second kappa shape index (κ2) is 4.65. The molecule has 2 atom stereocenters. The van der Waals surface area contributed by atoms with E-state index >= 15 is 0 Å². The van der Waals surface area contributed by atoms with E-state index in [0.717, 1.165) is 30.6 Å². The van der Waals surface area contributed by atoms with Crippen molar-refractivity contribution >= 4 is 22.6 Å². The molecule has 1 heterocycles. The second-order valence-corrected chi connectivity index (χ2v) is 5.71. The van der Waals surface area contributed by atoms with Crippen LogP contribution in [-0.4, -0.2) is 9.55 Å². The molecule has 0 radical (unpaired) electrons. The van der Waals surface area contributed by atoms with Crippen LogP contribution in [0, 0.1) is 11.8 Å². The summed E-state index contributed by atoms with van der Waals surface area (Å²) in [6.07, 6.45) is -3.19. The van der Waals surface area contributed by atoms with Crippen LogP contribution >= 0.6 is 11.6 Å². The Kier molecular flexibility index (Phi) is 3.20. The number of benzene rings is 1. The van der Waals surface area contributed by atoms with Gasteiger partial charge in [-0.2, -0.15) is 13.2 Å². The Morgan fingerprint density at radius 1 is 1.40 bits per heavy atom. The van der Waals surface area contributed by atoms with E-state index < -0.39 is 11.7 Å². The molecule has 108 valence electrons. The van der Waals surface area contributed by atoms with Crippen LogP contribution in [0.3, 0.4) is 0 Å². The van der Waals surface area contributed by atoms with E-state index in [1.807, 2.05) is 4.57 Å². The van der Waals surface area contributed by atoms with Gasteiger partial charge in [-0.1, -0.05) is 6.92 Å². The van der Waals surface area contributed by atoms with Gasteiger partial charge in [0, 0.05) is 6.54 Å². The van der Waals surface area contributed by atoms with Gasteiger partial charge in [0.2, 0.25) is 0 Å². The van der Waals surface area contributed by atoms with Crippen molar-refractivity contribution in [1.82, 2.24) is 9.55 Å². The van der Waals surface area contributed by atoms with Crippen molar-refractivity contribution in [2.45, 2.75) is 31.9 Å². The molecule has 1 aliphatic carbocycles. The highest BCUT2D eigenvalue weighted by Gasteiger charge is 2.34. The number of rotatable bonds is 3. The van der Waals surface area contributed by atoms with Crippen molar-refractivity contribution in [3.05, 3.63) is 29.6 Å². The average molecular weight is 303 g/mol. The van der Waals surface area contributed by atoms with Crippen LogP contribution in [0.1, 0.15) is 24.7 Å². The van der Waals surface area contributed by atoms with Gasteiger partial charge < -0.3 is 4.57 Å². The molecular weight excluding hydrogens is 289 g/mol. The van der Waals surface area contributed by atoms with Crippen molar-refractivity contribution in [3.63, 3.8) is 0 Å². The first-order valence-electron chi connectivity index (χ1n) is 6.52. The Morgan fingerprint density at radius 3 is 2.65 bits per heavy atom. The molecule has 0 spiro atoms. The normalized spacial score (nSPS) is 22.4. The Hall–Kier alpha value is -1.23. The zero-order valence-electron chi connectivity index (χ0n) is 10.9. The molecule has 0 N–H and O–H groups in total. The summed E-state index contributed by atoms with van der Waals surface area (Å²) in [6, 6.07) is 3.70. The van der Waals surface area contributed by atoms with Crippen molar-refractivity contribution in [2.24, 2.45) is 11.8 Å². The van der Waals surface area contributed by atoms with Crippen LogP contribution in [0.4, 0.5) is 13.2 Å². The second-order valence-electron chi connectivity index (χ2n) is 5.45. The molecule has 20 heavy (non-hydrogen) atoms. The minimum atomic E-state index is -4.34. The van der Waals surface area contributed by atoms with Gasteiger partial charge in [-0.25, -0.2) is 4.98 Å². The molecule has 2 nitrogen and oxygen atoms in total. The summed E-state index contributed by atoms with van der Waals surface area (Å²) in [7, 11) is 0. The maximum absolute atomic E-state index is 12.7. The number of aromatic nitrogens is 2. The van der Waals surface area contributed by atoms with Crippen LogP contribution < -0.4 is 0 Å². The highest BCUT2D eigenvalue weighted by molar-refractivity contribution is 6.16. The molecule has 1 aromatic heterocycles. The Balaban J connectivity index is 2.05. The molecule has 1 aliphatic rings. The first-order chi connectivity index (χ1) is 9.40.